The fourth-order valence-electron chi connectivity index (χ4n) is 3.89. The maximum absolute atomic E-state index is 13.2. The second kappa shape index (κ2) is 12.8. The number of anilines is 1. The highest BCUT2D eigenvalue weighted by molar-refractivity contribution is 7.89. The number of hydrogen-bond acceptors (Lipinski definition) is 5. The Morgan fingerprint density at radius 2 is 1.74 bits per heavy atom. The van der Waals surface area contributed by atoms with Gasteiger partial charge in [-0.25, -0.2) is 18.4 Å². The first-order chi connectivity index (χ1) is 18.0. The van der Waals surface area contributed by atoms with Crippen molar-refractivity contribution in [1.29, 1.82) is 5.41 Å². The predicted octanol–water partition coefficient (Wildman–Crippen LogP) is 5.34. The molecule has 0 saturated carbocycles. The quantitative estimate of drug-likeness (QED) is 0.162. The fraction of sp³-hybridized carbons (Fsp3) is 0.250. The average Bonchev–Trinajstić information content (AvgIpc) is 2.88. The summed E-state index contributed by atoms with van der Waals surface area (Å²) in [5.41, 5.74) is 3.32. The average molecular weight is 552 g/mol. The normalized spacial score (nSPS) is 11.2. The van der Waals surface area contributed by atoms with Gasteiger partial charge in [-0.3, -0.25) is 5.41 Å². The lowest BCUT2D eigenvalue weighted by atomic mass is 10.1. The van der Waals surface area contributed by atoms with Crippen LogP contribution in [-0.4, -0.2) is 36.7 Å². The first-order valence-electron chi connectivity index (χ1n) is 12.2. The molecule has 200 valence electrons. The van der Waals surface area contributed by atoms with Crippen molar-refractivity contribution in [3.8, 4) is 11.1 Å². The third-order valence-electron chi connectivity index (χ3n) is 5.69. The lowest BCUT2D eigenvalue weighted by molar-refractivity contribution is 0.201. The van der Waals surface area contributed by atoms with E-state index in [-0.39, 0.29) is 22.7 Å². The number of amides is 2. The van der Waals surface area contributed by atoms with Crippen LogP contribution in [0.4, 0.5) is 10.5 Å². The molecule has 8 nitrogen and oxygen atoms in total. The fourth-order valence-corrected chi connectivity index (χ4v) is 4.76. The largest absolute Gasteiger partial charge is 0.335 e. The van der Waals surface area contributed by atoms with Crippen LogP contribution < -0.4 is 15.8 Å². The molecule has 0 aromatic heterocycles. The maximum Gasteiger partial charge on any atom is 0.322 e. The van der Waals surface area contributed by atoms with E-state index in [2.05, 4.69) is 10.6 Å². The molecule has 0 saturated heterocycles. The van der Waals surface area contributed by atoms with E-state index in [4.69, 9.17) is 22.8 Å². The van der Waals surface area contributed by atoms with E-state index in [1.807, 2.05) is 45.0 Å². The Bertz CT molecular complexity index is 1420. The summed E-state index contributed by atoms with van der Waals surface area (Å²) in [5, 5.41) is 19.5. The smallest absolute Gasteiger partial charge is 0.322 e. The van der Waals surface area contributed by atoms with Crippen LogP contribution in [0.5, 0.6) is 0 Å². The SMILES string of the molecule is CCC(=S)NC(=N)c1cccc(CN(CC(C)C)C(=O)Nc2ccc(-c3ccccc3S(N)(=O)=O)cc2)c1. The summed E-state index contributed by atoms with van der Waals surface area (Å²) >= 11 is 5.19. The van der Waals surface area contributed by atoms with Crippen LogP contribution in [0.1, 0.15) is 38.3 Å². The first-order valence-corrected chi connectivity index (χ1v) is 14.2. The molecule has 0 aliphatic rings. The zero-order valence-electron chi connectivity index (χ0n) is 21.7. The van der Waals surface area contributed by atoms with Gasteiger partial charge >= 0.3 is 6.03 Å². The van der Waals surface area contributed by atoms with Gasteiger partial charge in [-0.1, -0.05) is 81.5 Å². The topological polar surface area (TPSA) is 128 Å². The van der Waals surface area contributed by atoms with Crippen LogP contribution in [0.2, 0.25) is 0 Å². The van der Waals surface area contributed by atoms with E-state index in [0.717, 1.165) is 5.56 Å². The molecule has 3 aromatic rings. The molecule has 0 aliphatic heterocycles. The highest BCUT2D eigenvalue weighted by Gasteiger charge is 2.18. The number of carbonyl (C=O) groups is 1. The van der Waals surface area contributed by atoms with Gasteiger partial charge in [0.1, 0.15) is 5.84 Å². The molecule has 5 N–H and O–H groups in total. The molecule has 3 rings (SSSR count). The lowest BCUT2D eigenvalue weighted by Gasteiger charge is -2.25. The Labute approximate surface area is 229 Å². The summed E-state index contributed by atoms with van der Waals surface area (Å²) in [6.45, 7) is 6.91. The minimum Gasteiger partial charge on any atom is -0.335 e. The van der Waals surface area contributed by atoms with Gasteiger partial charge in [-0.05, 0) is 47.7 Å². The zero-order chi connectivity index (χ0) is 27.9. The van der Waals surface area contributed by atoms with Gasteiger partial charge in [0.25, 0.3) is 0 Å². The number of carbonyl (C=O) groups excluding carboxylic acids is 1. The molecule has 2 amide bonds. The highest BCUT2D eigenvalue weighted by Crippen LogP contribution is 2.27. The van der Waals surface area contributed by atoms with Gasteiger partial charge < -0.3 is 15.5 Å². The highest BCUT2D eigenvalue weighted by atomic mass is 32.2. The number of thiocarbonyl (C=S) groups is 1. The molecule has 10 heteroatoms. The molecular formula is C28H33N5O3S2. The lowest BCUT2D eigenvalue weighted by Crippen LogP contribution is -2.37. The van der Waals surface area contributed by atoms with E-state index < -0.39 is 10.0 Å². The van der Waals surface area contributed by atoms with Gasteiger partial charge in [0.2, 0.25) is 10.0 Å². The van der Waals surface area contributed by atoms with Crippen LogP contribution in [-0.2, 0) is 16.6 Å². The Kier molecular flexibility index (Phi) is 9.73. The summed E-state index contributed by atoms with van der Waals surface area (Å²) < 4.78 is 23.9. The van der Waals surface area contributed by atoms with Crippen molar-refractivity contribution in [2.45, 2.75) is 38.6 Å². The second-order valence-electron chi connectivity index (χ2n) is 9.30. The number of urea groups is 1. The van der Waals surface area contributed by atoms with E-state index in [0.29, 0.717) is 46.9 Å². The number of hydrogen-bond donors (Lipinski definition) is 4. The summed E-state index contributed by atoms with van der Waals surface area (Å²) in [6.07, 6.45) is 0.652. The molecule has 3 aromatic carbocycles. The van der Waals surface area contributed by atoms with Crippen LogP contribution in [0.15, 0.2) is 77.7 Å². The van der Waals surface area contributed by atoms with Crippen LogP contribution in [0, 0.1) is 11.3 Å². The molecule has 0 aliphatic carbocycles. The molecule has 38 heavy (non-hydrogen) atoms. The third kappa shape index (κ3) is 7.95. The Balaban J connectivity index is 1.76. The molecular weight excluding hydrogens is 518 g/mol. The van der Waals surface area contributed by atoms with E-state index in [1.54, 1.807) is 47.4 Å². The number of nitrogens with zero attached hydrogens (tertiary/aromatic N) is 1. The number of nitrogens with one attached hydrogen (secondary N) is 3. The van der Waals surface area contributed by atoms with Gasteiger partial charge in [0.15, 0.2) is 0 Å². The number of benzene rings is 3. The predicted molar refractivity (Wildman–Crippen MR) is 157 cm³/mol. The standard InChI is InChI=1S/C28H33N5O3S2/c1-4-26(37)32-27(29)22-9-7-8-20(16-22)18-33(17-19(2)3)28(34)31-23-14-12-21(13-15-23)24-10-5-6-11-25(24)38(30,35)36/h5-16,19H,4,17-18H2,1-3H3,(H,31,34)(H2,29,32,37)(H2,30,35,36). The molecule has 0 heterocycles. The Morgan fingerprint density at radius 1 is 1.05 bits per heavy atom. The number of amidine groups is 1. The molecule has 0 bridgehead atoms. The third-order valence-corrected chi connectivity index (χ3v) is 7.05. The van der Waals surface area contributed by atoms with Gasteiger partial charge in [-0.15, -0.1) is 0 Å². The number of sulfonamides is 1. The minimum absolute atomic E-state index is 0.0434. The second-order valence-corrected chi connectivity index (χ2v) is 11.3. The van der Waals surface area contributed by atoms with Crippen molar-refractivity contribution in [1.82, 2.24) is 10.2 Å². The van der Waals surface area contributed by atoms with Crippen molar-refractivity contribution < 1.29 is 13.2 Å². The number of nitrogens with two attached hydrogens (primary N) is 1. The van der Waals surface area contributed by atoms with Crippen molar-refractivity contribution in [2.24, 2.45) is 11.1 Å². The molecule has 0 spiro atoms. The van der Waals surface area contributed by atoms with Crippen molar-refractivity contribution in [3.63, 3.8) is 0 Å². The monoisotopic (exact) mass is 551 g/mol. The van der Waals surface area contributed by atoms with Gasteiger partial charge in [0.05, 0.1) is 9.88 Å². The molecule has 0 radical (unpaired) electrons. The summed E-state index contributed by atoms with van der Waals surface area (Å²) in [4.78, 5) is 15.6. The van der Waals surface area contributed by atoms with Crippen molar-refractivity contribution >= 4 is 44.8 Å². The van der Waals surface area contributed by atoms with Crippen LogP contribution in [0.3, 0.4) is 0 Å². The van der Waals surface area contributed by atoms with E-state index in [1.165, 1.54) is 6.07 Å². The Hall–Kier alpha value is -3.60. The summed E-state index contributed by atoms with van der Waals surface area (Å²) in [5.74, 6) is 0.463. The molecule has 0 fully saturated rings. The van der Waals surface area contributed by atoms with E-state index in [9.17, 15) is 13.2 Å². The van der Waals surface area contributed by atoms with Gasteiger partial charge in [-0.2, -0.15) is 0 Å². The van der Waals surface area contributed by atoms with Crippen LogP contribution in [0.25, 0.3) is 11.1 Å². The first kappa shape index (κ1) is 29.0. The Morgan fingerprint density at radius 3 is 2.37 bits per heavy atom. The zero-order valence-corrected chi connectivity index (χ0v) is 23.3. The number of primary sulfonamides is 1. The van der Waals surface area contributed by atoms with Crippen LogP contribution >= 0.6 is 12.2 Å². The summed E-state index contributed by atoms with van der Waals surface area (Å²) in [7, 11) is -3.88. The van der Waals surface area contributed by atoms with Crippen molar-refractivity contribution in [2.75, 3.05) is 11.9 Å². The molecule has 0 atom stereocenters. The van der Waals surface area contributed by atoms with Gasteiger partial charge in [0, 0.05) is 29.9 Å². The number of rotatable bonds is 9. The van der Waals surface area contributed by atoms with Crippen molar-refractivity contribution in [3.05, 3.63) is 83.9 Å². The van der Waals surface area contributed by atoms with E-state index >= 15 is 0 Å². The minimum atomic E-state index is -3.88. The maximum atomic E-state index is 13.2. The summed E-state index contributed by atoms with van der Waals surface area (Å²) in [6, 6.07) is 20.7. The molecule has 0 unspecified atom stereocenters.